The Morgan fingerprint density at radius 1 is 0.765 bits per heavy atom. The lowest BCUT2D eigenvalue weighted by atomic mass is 10.1. The van der Waals surface area contributed by atoms with Crippen LogP contribution in [0.1, 0.15) is 86.0 Å². The quantitative estimate of drug-likeness (QED) is 0.153. The summed E-state index contributed by atoms with van der Waals surface area (Å²) in [7, 11) is 0. The highest BCUT2D eigenvalue weighted by Crippen LogP contribution is 2.10. The van der Waals surface area contributed by atoms with E-state index >= 15 is 0 Å². The number of carbonyl (C=O) groups is 4. The molecule has 10 nitrogen and oxygen atoms in total. The van der Waals surface area contributed by atoms with Gasteiger partial charge in [0.05, 0.1) is 13.2 Å². The molecule has 0 rings (SSSR count). The minimum absolute atomic E-state index is 0.0649. The number of hydrogen-bond donors (Lipinski definition) is 4. The molecule has 0 aromatic heterocycles. The molecule has 0 aliphatic heterocycles. The first-order valence-electron chi connectivity index (χ1n) is 12.5. The van der Waals surface area contributed by atoms with Crippen LogP contribution in [-0.4, -0.2) is 68.3 Å². The maximum Gasteiger partial charge on any atom is 0.242 e. The van der Waals surface area contributed by atoms with Gasteiger partial charge in [-0.05, 0) is 39.5 Å². The molecule has 4 N–H and O–H groups in total. The molecule has 0 saturated carbocycles. The molecule has 0 aromatic carbocycles. The Labute approximate surface area is 204 Å². The highest BCUT2D eigenvalue weighted by atomic mass is 16.7. The SMILES string of the molecule is CCCC(=O)NCCCCCC(NC(=O)CCC)C(=O)NCCOC(C)(C)OCCNC(C)=O. The van der Waals surface area contributed by atoms with Crippen LogP contribution in [-0.2, 0) is 28.7 Å². The van der Waals surface area contributed by atoms with E-state index in [-0.39, 0.29) is 36.8 Å². The summed E-state index contributed by atoms with van der Waals surface area (Å²) >= 11 is 0. The van der Waals surface area contributed by atoms with Crippen LogP contribution in [0.25, 0.3) is 0 Å². The van der Waals surface area contributed by atoms with Crippen molar-refractivity contribution in [1.82, 2.24) is 21.3 Å². The van der Waals surface area contributed by atoms with Crippen LogP contribution in [0, 0.1) is 0 Å². The Kier molecular flexibility index (Phi) is 17.9. The highest BCUT2D eigenvalue weighted by molar-refractivity contribution is 5.87. The third-order valence-electron chi connectivity index (χ3n) is 4.87. The van der Waals surface area contributed by atoms with Gasteiger partial charge in [-0.25, -0.2) is 0 Å². The van der Waals surface area contributed by atoms with Gasteiger partial charge < -0.3 is 30.7 Å². The smallest absolute Gasteiger partial charge is 0.242 e. The summed E-state index contributed by atoms with van der Waals surface area (Å²) in [5.74, 6) is -1.29. The Morgan fingerprint density at radius 3 is 1.94 bits per heavy atom. The molecule has 10 heteroatoms. The zero-order valence-corrected chi connectivity index (χ0v) is 21.7. The van der Waals surface area contributed by atoms with Crippen molar-refractivity contribution in [2.75, 3.05) is 32.8 Å². The highest BCUT2D eigenvalue weighted by Gasteiger charge is 2.21. The maximum atomic E-state index is 12.7. The third-order valence-corrected chi connectivity index (χ3v) is 4.87. The number of hydrogen-bond acceptors (Lipinski definition) is 6. The molecule has 0 fully saturated rings. The van der Waals surface area contributed by atoms with Crippen LogP contribution in [0.5, 0.6) is 0 Å². The number of ether oxygens (including phenoxy) is 2. The average molecular weight is 487 g/mol. The van der Waals surface area contributed by atoms with Crippen molar-refractivity contribution in [1.29, 1.82) is 0 Å². The summed E-state index contributed by atoms with van der Waals surface area (Å²) < 4.78 is 11.3. The zero-order valence-electron chi connectivity index (χ0n) is 21.7. The van der Waals surface area contributed by atoms with Gasteiger partial charge in [0.1, 0.15) is 6.04 Å². The van der Waals surface area contributed by atoms with Gasteiger partial charge in [0.2, 0.25) is 23.6 Å². The molecule has 0 aromatic rings. The summed E-state index contributed by atoms with van der Waals surface area (Å²) in [5.41, 5.74) is 0. The van der Waals surface area contributed by atoms with E-state index in [1.807, 2.05) is 13.8 Å². The maximum absolute atomic E-state index is 12.7. The summed E-state index contributed by atoms with van der Waals surface area (Å²) in [5, 5.41) is 11.2. The van der Waals surface area contributed by atoms with E-state index in [2.05, 4.69) is 21.3 Å². The monoisotopic (exact) mass is 486 g/mol. The van der Waals surface area contributed by atoms with E-state index in [4.69, 9.17) is 9.47 Å². The van der Waals surface area contributed by atoms with Gasteiger partial charge in [-0.2, -0.15) is 0 Å². The van der Waals surface area contributed by atoms with Crippen molar-refractivity contribution in [2.24, 2.45) is 0 Å². The van der Waals surface area contributed by atoms with Gasteiger partial charge in [0, 0.05) is 39.4 Å². The zero-order chi connectivity index (χ0) is 25.8. The largest absolute Gasteiger partial charge is 0.356 e. The Bertz CT molecular complexity index is 612. The Hall–Kier alpha value is -2.20. The molecule has 198 valence electrons. The van der Waals surface area contributed by atoms with E-state index < -0.39 is 11.8 Å². The normalized spacial score (nSPS) is 12.0. The molecule has 1 atom stereocenters. The summed E-state index contributed by atoms with van der Waals surface area (Å²) in [4.78, 5) is 47.1. The van der Waals surface area contributed by atoms with Gasteiger partial charge in [-0.15, -0.1) is 0 Å². The summed E-state index contributed by atoms with van der Waals surface area (Å²) in [6.45, 7) is 10.7. The predicted molar refractivity (Wildman–Crippen MR) is 131 cm³/mol. The predicted octanol–water partition coefficient (Wildman–Crippen LogP) is 1.77. The number of nitrogens with one attached hydrogen (secondary N) is 4. The minimum atomic E-state index is -0.857. The number of carbonyl (C=O) groups excluding carboxylic acids is 4. The van der Waals surface area contributed by atoms with Crippen LogP contribution in [0.3, 0.4) is 0 Å². The molecule has 0 aliphatic carbocycles. The first kappa shape index (κ1) is 31.8. The molecule has 0 aliphatic rings. The molecule has 0 radical (unpaired) electrons. The van der Waals surface area contributed by atoms with E-state index in [0.717, 1.165) is 25.7 Å². The van der Waals surface area contributed by atoms with Crippen LogP contribution < -0.4 is 21.3 Å². The second-order valence-corrected chi connectivity index (χ2v) is 8.69. The topological polar surface area (TPSA) is 135 Å². The van der Waals surface area contributed by atoms with Crippen molar-refractivity contribution >= 4 is 23.6 Å². The molecular weight excluding hydrogens is 440 g/mol. The fourth-order valence-electron chi connectivity index (χ4n) is 3.12. The molecule has 0 spiro atoms. The van der Waals surface area contributed by atoms with Gasteiger partial charge >= 0.3 is 0 Å². The number of rotatable bonds is 20. The van der Waals surface area contributed by atoms with Crippen molar-refractivity contribution in [3.63, 3.8) is 0 Å². The van der Waals surface area contributed by atoms with Crippen molar-refractivity contribution < 1.29 is 28.7 Å². The summed E-state index contributed by atoms with van der Waals surface area (Å²) in [6, 6.07) is -0.601. The van der Waals surface area contributed by atoms with E-state index in [1.165, 1.54) is 6.92 Å². The lowest BCUT2D eigenvalue weighted by Crippen LogP contribution is -2.47. The molecule has 34 heavy (non-hydrogen) atoms. The van der Waals surface area contributed by atoms with Gasteiger partial charge in [0.25, 0.3) is 0 Å². The standard InChI is InChI=1S/C24H46N4O6/c1-6-11-21(30)26-14-10-8-9-13-20(28-22(31)12-7-2)23(32)27-16-18-34-24(4,5)33-17-15-25-19(3)29/h20H,6-18H2,1-5H3,(H,25,29)(H,26,30)(H,27,32)(H,28,31). The Balaban J connectivity index is 4.35. The van der Waals surface area contributed by atoms with Crippen LogP contribution in [0.4, 0.5) is 0 Å². The van der Waals surface area contributed by atoms with E-state index in [0.29, 0.717) is 45.4 Å². The lowest BCUT2D eigenvalue weighted by molar-refractivity contribution is -0.211. The van der Waals surface area contributed by atoms with Gasteiger partial charge in [-0.3, -0.25) is 19.2 Å². The van der Waals surface area contributed by atoms with Crippen LogP contribution >= 0.6 is 0 Å². The van der Waals surface area contributed by atoms with E-state index in [1.54, 1.807) is 13.8 Å². The molecule has 1 unspecified atom stereocenters. The second kappa shape index (κ2) is 19.1. The molecular formula is C24H46N4O6. The van der Waals surface area contributed by atoms with E-state index in [9.17, 15) is 19.2 Å². The minimum Gasteiger partial charge on any atom is -0.356 e. The average Bonchev–Trinajstić information content (AvgIpc) is 2.76. The number of unbranched alkanes of at least 4 members (excludes halogenated alkanes) is 2. The van der Waals surface area contributed by atoms with Crippen molar-refractivity contribution in [3.05, 3.63) is 0 Å². The van der Waals surface area contributed by atoms with Gasteiger partial charge in [0.15, 0.2) is 5.79 Å². The summed E-state index contributed by atoms with van der Waals surface area (Å²) in [6.07, 6.45) is 5.43. The van der Waals surface area contributed by atoms with Crippen molar-refractivity contribution in [2.45, 2.75) is 97.8 Å². The number of amides is 4. The lowest BCUT2D eigenvalue weighted by Gasteiger charge is -2.26. The fourth-order valence-corrected chi connectivity index (χ4v) is 3.12. The molecule has 0 bridgehead atoms. The van der Waals surface area contributed by atoms with Gasteiger partial charge in [-0.1, -0.05) is 26.7 Å². The Morgan fingerprint density at radius 2 is 1.35 bits per heavy atom. The molecule has 0 saturated heterocycles. The van der Waals surface area contributed by atoms with Crippen LogP contribution in [0.15, 0.2) is 0 Å². The van der Waals surface area contributed by atoms with Crippen LogP contribution in [0.2, 0.25) is 0 Å². The molecule has 0 heterocycles. The second-order valence-electron chi connectivity index (χ2n) is 8.69. The fraction of sp³-hybridized carbons (Fsp3) is 0.833. The van der Waals surface area contributed by atoms with Crippen molar-refractivity contribution in [3.8, 4) is 0 Å². The molecule has 4 amide bonds. The first-order chi connectivity index (χ1) is 16.1. The first-order valence-corrected chi connectivity index (χ1v) is 12.5. The third kappa shape index (κ3) is 18.3.